The van der Waals surface area contributed by atoms with Gasteiger partial charge in [0, 0.05) is 16.7 Å². The van der Waals surface area contributed by atoms with Gasteiger partial charge in [-0.05, 0) is 117 Å². The Morgan fingerprint density at radius 2 is 0.847 bits per heavy atom. The molecule has 2 aliphatic carbocycles. The van der Waals surface area contributed by atoms with Gasteiger partial charge in [0.15, 0.2) is 17.5 Å². The number of hydrogen-bond acceptors (Lipinski definition) is 4. The van der Waals surface area contributed by atoms with Gasteiger partial charge in [-0.1, -0.05) is 166 Å². The first-order valence-electron chi connectivity index (χ1n) is 21.1. The predicted octanol–water partition coefficient (Wildman–Crippen LogP) is 14.0. The molecule has 0 N–H and O–H groups in total. The number of hydrogen-bond donors (Lipinski definition) is 0. The van der Waals surface area contributed by atoms with Gasteiger partial charge in [-0.2, -0.15) is 5.26 Å². The molecule has 4 heteroatoms. The molecule has 2 fully saturated rings. The van der Waals surface area contributed by atoms with Crippen LogP contribution in [-0.4, -0.2) is 15.0 Å². The Hall–Kier alpha value is -6.70. The minimum atomic E-state index is 0.283. The maximum Gasteiger partial charge on any atom is 0.164 e. The third-order valence-corrected chi connectivity index (χ3v) is 13.0. The van der Waals surface area contributed by atoms with Gasteiger partial charge in [0.2, 0.25) is 0 Å². The first-order chi connectivity index (χ1) is 28.9. The zero-order chi connectivity index (χ0) is 39.9. The van der Waals surface area contributed by atoms with Crippen molar-refractivity contribution in [1.82, 2.24) is 15.0 Å². The van der Waals surface area contributed by atoms with Crippen molar-refractivity contribution in [3.8, 4) is 73.6 Å². The second kappa shape index (κ2) is 15.2. The topological polar surface area (TPSA) is 62.5 Å². The van der Waals surface area contributed by atoms with Crippen LogP contribution in [0, 0.1) is 29.1 Å². The van der Waals surface area contributed by atoms with Gasteiger partial charge in [-0.15, -0.1) is 0 Å². The molecule has 1 unspecified atom stereocenters. The van der Waals surface area contributed by atoms with Crippen molar-refractivity contribution in [3.63, 3.8) is 0 Å². The van der Waals surface area contributed by atoms with Gasteiger partial charge in [0.05, 0.1) is 11.6 Å². The van der Waals surface area contributed by atoms with E-state index < -0.39 is 0 Å². The van der Waals surface area contributed by atoms with Gasteiger partial charge in [-0.3, -0.25) is 0 Å². The van der Waals surface area contributed by atoms with E-state index in [2.05, 4.69) is 141 Å². The molecule has 286 valence electrons. The Morgan fingerprint density at radius 1 is 0.441 bits per heavy atom. The van der Waals surface area contributed by atoms with Crippen molar-refractivity contribution in [2.45, 2.75) is 51.4 Å². The number of fused-ring (bicyclic) bond motifs is 3. The Labute approximate surface area is 347 Å². The van der Waals surface area contributed by atoms with Gasteiger partial charge >= 0.3 is 0 Å². The van der Waals surface area contributed by atoms with Crippen molar-refractivity contribution < 1.29 is 0 Å². The van der Waals surface area contributed by atoms with E-state index in [9.17, 15) is 5.26 Å². The summed E-state index contributed by atoms with van der Waals surface area (Å²) in [7, 11) is 0. The highest BCUT2D eigenvalue weighted by Crippen LogP contribution is 2.54. The Bertz CT molecular complexity index is 2800. The zero-order valence-electron chi connectivity index (χ0n) is 33.6. The van der Waals surface area contributed by atoms with Crippen LogP contribution in [-0.2, 0) is 5.41 Å². The van der Waals surface area contributed by atoms with E-state index >= 15 is 0 Å². The SMILES string of the molecule is C[C@@H]1C[C@@H]2C[C@H](C)CC(c3ccc(-c4nc(-c5ccccc5)nc(-c5ccc(-c6ccc(-c7ccc(-c8ccc(C#N)cc8)cc7)c7ccccc67)cc5)n4)cc3)(C1)C2. The first-order valence-corrected chi connectivity index (χ1v) is 21.1. The van der Waals surface area contributed by atoms with E-state index in [1.165, 1.54) is 59.6 Å². The molecule has 0 aliphatic heterocycles. The number of aromatic nitrogens is 3. The minimum Gasteiger partial charge on any atom is -0.208 e. The lowest BCUT2D eigenvalue weighted by molar-refractivity contribution is 0.0780. The highest BCUT2D eigenvalue weighted by atomic mass is 15.0. The molecule has 1 aromatic heterocycles. The normalized spacial score (nSPS) is 19.9. The van der Waals surface area contributed by atoms with Crippen molar-refractivity contribution in [1.29, 1.82) is 5.26 Å². The molecule has 1 heterocycles. The zero-order valence-corrected chi connectivity index (χ0v) is 33.6. The summed E-state index contributed by atoms with van der Waals surface area (Å²) >= 11 is 0. The van der Waals surface area contributed by atoms with Crippen LogP contribution in [0.3, 0.4) is 0 Å². The van der Waals surface area contributed by atoms with Crippen LogP contribution in [0.4, 0.5) is 0 Å². The molecule has 0 radical (unpaired) electrons. The molecule has 7 aromatic carbocycles. The van der Waals surface area contributed by atoms with Crippen LogP contribution in [0.15, 0.2) is 164 Å². The predicted molar refractivity (Wildman–Crippen MR) is 241 cm³/mol. The molecule has 2 bridgehead atoms. The average molecular weight is 763 g/mol. The maximum absolute atomic E-state index is 9.20. The summed E-state index contributed by atoms with van der Waals surface area (Å²) in [6.45, 7) is 4.91. The fourth-order valence-corrected chi connectivity index (χ4v) is 10.6. The van der Waals surface area contributed by atoms with E-state index in [4.69, 9.17) is 15.0 Å². The Kier molecular flexibility index (Phi) is 9.46. The highest BCUT2D eigenvalue weighted by molar-refractivity contribution is 6.05. The number of rotatable bonds is 7. The van der Waals surface area contributed by atoms with Crippen LogP contribution in [0.1, 0.15) is 57.1 Å². The fraction of sp³-hybridized carbons (Fsp3) is 0.200. The van der Waals surface area contributed by atoms with E-state index in [0.29, 0.717) is 23.0 Å². The molecule has 10 rings (SSSR count). The van der Waals surface area contributed by atoms with Gasteiger partial charge in [0.1, 0.15) is 0 Å². The molecular weight excluding hydrogens is 717 g/mol. The Morgan fingerprint density at radius 3 is 1.34 bits per heavy atom. The molecule has 4 nitrogen and oxygen atoms in total. The van der Waals surface area contributed by atoms with E-state index in [1.807, 2.05) is 42.5 Å². The van der Waals surface area contributed by atoms with Crippen molar-refractivity contribution >= 4 is 10.8 Å². The van der Waals surface area contributed by atoms with Crippen LogP contribution in [0.5, 0.6) is 0 Å². The number of nitriles is 1. The second-order valence-electron chi connectivity index (χ2n) is 17.2. The van der Waals surface area contributed by atoms with Crippen LogP contribution in [0.2, 0.25) is 0 Å². The summed E-state index contributed by atoms with van der Waals surface area (Å²) in [5, 5.41) is 11.6. The standard InChI is InChI=1S/C55H46N4/c1-36-30-39-31-37(2)33-55(32-36,34-39)47-26-24-46(25-27-47)54-58-52(44-8-4-3-5-9-44)57-53(59-54)45-22-20-43(21-23-45)49-29-28-48(50-10-6-7-11-51(49)50)42-18-16-41(17-19-42)40-14-12-38(35-56)13-15-40/h3-29,36-37,39H,30-34H2,1-2H3/t36-,37+,39-,55?. The lowest BCUT2D eigenvalue weighted by atomic mass is 9.54. The molecule has 4 atom stereocenters. The second-order valence-corrected chi connectivity index (χ2v) is 17.2. The van der Waals surface area contributed by atoms with Crippen molar-refractivity contribution in [2.75, 3.05) is 0 Å². The van der Waals surface area contributed by atoms with Crippen LogP contribution in [0.25, 0.3) is 78.3 Å². The fourth-order valence-electron chi connectivity index (χ4n) is 10.6. The van der Waals surface area contributed by atoms with Gasteiger partial charge in [-0.25, -0.2) is 15.0 Å². The smallest absolute Gasteiger partial charge is 0.164 e. The summed E-state index contributed by atoms with van der Waals surface area (Å²) in [6, 6.07) is 59.9. The molecule has 2 aliphatic rings. The average Bonchev–Trinajstić information content (AvgIpc) is 3.28. The van der Waals surface area contributed by atoms with E-state index in [0.717, 1.165) is 56.7 Å². The first kappa shape index (κ1) is 36.6. The molecule has 0 saturated heterocycles. The molecule has 0 amide bonds. The monoisotopic (exact) mass is 762 g/mol. The molecular formula is C55H46N4. The summed E-state index contributed by atoms with van der Waals surface area (Å²) < 4.78 is 0. The van der Waals surface area contributed by atoms with Gasteiger partial charge in [0.25, 0.3) is 0 Å². The summed E-state index contributed by atoms with van der Waals surface area (Å²) in [6.07, 6.45) is 6.64. The molecule has 59 heavy (non-hydrogen) atoms. The third kappa shape index (κ3) is 7.12. The van der Waals surface area contributed by atoms with Gasteiger partial charge < -0.3 is 0 Å². The number of nitrogens with zero attached hydrogens (tertiary/aromatic N) is 4. The number of benzene rings is 7. The quantitative estimate of drug-likeness (QED) is 0.162. The lowest BCUT2D eigenvalue weighted by Crippen LogP contribution is -2.42. The maximum atomic E-state index is 9.20. The highest BCUT2D eigenvalue weighted by Gasteiger charge is 2.45. The summed E-state index contributed by atoms with van der Waals surface area (Å²) in [5.74, 6) is 4.43. The van der Waals surface area contributed by atoms with Crippen molar-refractivity contribution in [3.05, 3.63) is 175 Å². The lowest BCUT2D eigenvalue weighted by Gasteiger charge is -2.50. The Balaban J connectivity index is 0.967. The third-order valence-electron chi connectivity index (χ3n) is 13.0. The minimum absolute atomic E-state index is 0.283. The van der Waals surface area contributed by atoms with Crippen molar-refractivity contribution in [2.24, 2.45) is 17.8 Å². The molecule has 8 aromatic rings. The summed E-state index contributed by atoms with van der Waals surface area (Å²) in [5.41, 5.74) is 12.3. The van der Waals surface area contributed by atoms with Crippen LogP contribution >= 0.6 is 0 Å². The van der Waals surface area contributed by atoms with Crippen LogP contribution < -0.4 is 0 Å². The largest absolute Gasteiger partial charge is 0.208 e. The summed E-state index contributed by atoms with van der Waals surface area (Å²) in [4.78, 5) is 15.2. The van der Waals surface area contributed by atoms with E-state index in [-0.39, 0.29) is 5.41 Å². The van der Waals surface area contributed by atoms with E-state index in [1.54, 1.807) is 0 Å². The molecule has 2 saturated carbocycles. The molecule has 0 spiro atoms.